The molecule has 5 heteroatoms. The van der Waals surface area contributed by atoms with E-state index in [0.29, 0.717) is 30.0 Å². The predicted octanol–water partition coefficient (Wildman–Crippen LogP) is 3.32. The number of hydrogen-bond donors (Lipinski definition) is 2. The van der Waals surface area contributed by atoms with Gasteiger partial charge in [-0.15, -0.1) is 0 Å². The second-order valence-corrected chi connectivity index (χ2v) is 5.85. The molecule has 5 nitrogen and oxygen atoms in total. The molecule has 1 heterocycles. The topological polar surface area (TPSA) is 74.8 Å². The van der Waals surface area contributed by atoms with Crippen molar-refractivity contribution in [2.24, 2.45) is 0 Å². The van der Waals surface area contributed by atoms with Gasteiger partial charge >= 0.3 is 0 Å². The van der Waals surface area contributed by atoms with Gasteiger partial charge in [-0.2, -0.15) is 0 Å². The minimum Gasteiger partial charge on any atom is -0.326 e. The van der Waals surface area contributed by atoms with Crippen LogP contribution in [-0.4, -0.2) is 15.9 Å². The molecule has 0 aliphatic carbocycles. The van der Waals surface area contributed by atoms with Crippen molar-refractivity contribution in [3.63, 3.8) is 0 Å². The van der Waals surface area contributed by atoms with Gasteiger partial charge in [0.15, 0.2) is 0 Å². The molecule has 1 amide bonds. The molecule has 0 spiro atoms. The van der Waals surface area contributed by atoms with Crippen LogP contribution in [0.2, 0.25) is 0 Å². The summed E-state index contributed by atoms with van der Waals surface area (Å²) in [5.74, 6) is 0.442. The first-order chi connectivity index (χ1) is 12.1. The van der Waals surface area contributed by atoms with Crippen LogP contribution >= 0.6 is 0 Å². The number of amides is 1. The summed E-state index contributed by atoms with van der Waals surface area (Å²) in [6.45, 7) is 1.77. The second kappa shape index (κ2) is 7.57. The normalized spacial score (nSPS) is 10.4. The number of benzene rings is 2. The van der Waals surface area contributed by atoms with Gasteiger partial charge in [0.2, 0.25) is 5.91 Å². The van der Waals surface area contributed by atoms with Gasteiger partial charge in [0.25, 0.3) is 5.56 Å². The van der Waals surface area contributed by atoms with E-state index in [1.807, 2.05) is 48.5 Å². The molecule has 0 radical (unpaired) electrons. The van der Waals surface area contributed by atoms with Crippen LogP contribution < -0.4 is 10.9 Å². The molecule has 2 N–H and O–H groups in total. The molecule has 1 aromatic heterocycles. The lowest BCUT2D eigenvalue weighted by Crippen LogP contribution is -2.12. The molecular formula is C20H19N3O2. The summed E-state index contributed by atoms with van der Waals surface area (Å²) >= 11 is 0. The van der Waals surface area contributed by atoms with Gasteiger partial charge < -0.3 is 10.3 Å². The molecule has 0 unspecified atom stereocenters. The van der Waals surface area contributed by atoms with Crippen molar-refractivity contribution in [3.05, 3.63) is 82.3 Å². The molecule has 0 aliphatic heterocycles. The largest absolute Gasteiger partial charge is 0.326 e. The monoisotopic (exact) mass is 333 g/mol. The summed E-state index contributed by atoms with van der Waals surface area (Å²) in [5, 5.41) is 2.89. The molecule has 25 heavy (non-hydrogen) atoms. The molecule has 0 saturated heterocycles. The maximum absolute atomic E-state index is 12.2. The quantitative estimate of drug-likeness (QED) is 0.752. The summed E-state index contributed by atoms with van der Waals surface area (Å²) in [6, 6.07) is 18.6. The van der Waals surface area contributed by atoms with Crippen molar-refractivity contribution in [3.8, 4) is 11.4 Å². The standard InChI is InChI=1S/C20H19N3O2/c1-14-12-19(25)23-20(21-14)16-8-5-9-17(13-16)22-18(24)11-10-15-6-3-2-4-7-15/h2-9,12-13H,10-11H2,1H3,(H,22,24)(H,21,23,25). The lowest BCUT2D eigenvalue weighted by atomic mass is 10.1. The first-order valence-corrected chi connectivity index (χ1v) is 8.12. The maximum atomic E-state index is 12.2. The van der Waals surface area contributed by atoms with Gasteiger partial charge in [0.05, 0.1) is 0 Å². The lowest BCUT2D eigenvalue weighted by Gasteiger charge is -2.08. The molecule has 0 bridgehead atoms. The van der Waals surface area contributed by atoms with Crippen molar-refractivity contribution < 1.29 is 4.79 Å². The number of hydrogen-bond acceptors (Lipinski definition) is 3. The third kappa shape index (κ3) is 4.64. The van der Waals surface area contributed by atoms with Crippen molar-refractivity contribution in [1.82, 2.24) is 9.97 Å². The van der Waals surface area contributed by atoms with E-state index in [-0.39, 0.29) is 11.5 Å². The number of H-pyrrole nitrogens is 1. The average Bonchev–Trinajstić information content (AvgIpc) is 2.60. The van der Waals surface area contributed by atoms with E-state index in [1.54, 1.807) is 13.0 Å². The Bertz CT molecular complexity index is 933. The smallest absolute Gasteiger partial charge is 0.251 e. The number of rotatable bonds is 5. The highest BCUT2D eigenvalue weighted by molar-refractivity contribution is 5.91. The van der Waals surface area contributed by atoms with E-state index in [2.05, 4.69) is 15.3 Å². The summed E-state index contributed by atoms with van der Waals surface area (Å²) in [7, 11) is 0. The van der Waals surface area contributed by atoms with Crippen LogP contribution in [0.4, 0.5) is 5.69 Å². The summed E-state index contributed by atoms with van der Waals surface area (Å²) < 4.78 is 0. The van der Waals surface area contributed by atoms with E-state index < -0.39 is 0 Å². The third-order valence-corrected chi connectivity index (χ3v) is 3.77. The minimum atomic E-state index is -0.195. The molecule has 0 atom stereocenters. The zero-order valence-corrected chi connectivity index (χ0v) is 14.0. The van der Waals surface area contributed by atoms with Gasteiger partial charge in [0.1, 0.15) is 5.82 Å². The SMILES string of the molecule is Cc1cc(=O)[nH]c(-c2cccc(NC(=O)CCc3ccccc3)c2)n1. The van der Waals surface area contributed by atoms with E-state index >= 15 is 0 Å². The number of nitrogens with zero attached hydrogens (tertiary/aromatic N) is 1. The first kappa shape index (κ1) is 16.6. The summed E-state index contributed by atoms with van der Waals surface area (Å²) in [5.41, 5.74) is 3.02. The van der Waals surface area contributed by atoms with E-state index in [9.17, 15) is 9.59 Å². The third-order valence-electron chi connectivity index (χ3n) is 3.77. The Morgan fingerprint density at radius 1 is 1.08 bits per heavy atom. The summed E-state index contributed by atoms with van der Waals surface area (Å²) in [4.78, 5) is 30.8. The highest BCUT2D eigenvalue weighted by atomic mass is 16.1. The Balaban J connectivity index is 1.69. The number of aromatic amines is 1. The van der Waals surface area contributed by atoms with Crippen LogP contribution in [0.25, 0.3) is 11.4 Å². The van der Waals surface area contributed by atoms with Crippen LogP contribution in [0.1, 0.15) is 17.7 Å². The molecule has 126 valence electrons. The number of anilines is 1. The van der Waals surface area contributed by atoms with Crippen molar-refractivity contribution in [2.45, 2.75) is 19.8 Å². The Morgan fingerprint density at radius 2 is 1.88 bits per heavy atom. The fourth-order valence-corrected chi connectivity index (χ4v) is 2.59. The molecule has 3 aromatic rings. The zero-order valence-electron chi connectivity index (χ0n) is 14.0. The van der Waals surface area contributed by atoms with Crippen molar-refractivity contribution in [2.75, 3.05) is 5.32 Å². The number of carbonyl (C=O) groups is 1. The highest BCUT2D eigenvalue weighted by Gasteiger charge is 2.06. The van der Waals surface area contributed by atoms with E-state index in [4.69, 9.17) is 0 Å². The molecule has 3 rings (SSSR count). The van der Waals surface area contributed by atoms with Crippen molar-refractivity contribution >= 4 is 11.6 Å². The average molecular weight is 333 g/mol. The first-order valence-electron chi connectivity index (χ1n) is 8.12. The number of aryl methyl sites for hydroxylation is 2. The van der Waals surface area contributed by atoms with Crippen LogP contribution in [0.15, 0.2) is 65.5 Å². The van der Waals surface area contributed by atoms with Gasteiger partial charge in [-0.3, -0.25) is 9.59 Å². The Hall–Kier alpha value is -3.21. The number of carbonyl (C=O) groups excluding carboxylic acids is 1. The van der Waals surface area contributed by atoms with Crippen LogP contribution in [-0.2, 0) is 11.2 Å². The number of aromatic nitrogens is 2. The molecule has 2 aromatic carbocycles. The second-order valence-electron chi connectivity index (χ2n) is 5.85. The van der Waals surface area contributed by atoms with Gasteiger partial charge in [-0.25, -0.2) is 4.98 Å². The van der Waals surface area contributed by atoms with Crippen molar-refractivity contribution in [1.29, 1.82) is 0 Å². The zero-order chi connectivity index (χ0) is 17.6. The Morgan fingerprint density at radius 3 is 2.64 bits per heavy atom. The molecular weight excluding hydrogens is 314 g/mol. The van der Waals surface area contributed by atoms with Gasteiger partial charge in [-0.05, 0) is 31.0 Å². The summed E-state index contributed by atoms with van der Waals surface area (Å²) in [6.07, 6.45) is 1.10. The fraction of sp³-hybridized carbons (Fsp3) is 0.150. The van der Waals surface area contributed by atoms with E-state index in [1.165, 1.54) is 6.07 Å². The Labute approximate surface area is 145 Å². The highest BCUT2D eigenvalue weighted by Crippen LogP contribution is 2.19. The van der Waals surface area contributed by atoms with Gasteiger partial charge in [0, 0.05) is 29.4 Å². The van der Waals surface area contributed by atoms with Gasteiger partial charge in [-0.1, -0.05) is 42.5 Å². The number of nitrogens with one attached hydrogen (secondary N) is 2. The van der Waals surface area contributed by atoms with Crippen LogP contribution in [0.5, 0.6) is 0 Å². The predicted molar refractivity (Wildman–Crippen MR) is 98.4 cm³/mol. The minimum absolute atomic E-state index is 0.0494. The lowest BCUT2D eigenvalue weighted by molar-refractivity contribution is -0.116. The van der Waals surface area contributed by atoms with Crippen LogP contribution in [0, 0.1) is 6.92 Å². The maximum Gasteiger partial charge on any atom is 0.251 e. The van der Waals surface area contributed by atoms with E-state index in [0.717, 1.165) is 11.1 Å². The Kier molecular flexibility index (Phi) is 5.04. The van der Waals surface area contributed by atoms with Crippen LogP contribution in [0.3, 0.4) is 0 Å². The fourth-order valence-electron chi connectivity index (χ4n) is 2.59. The molecule has 0 fully saturated rings. The molecule has 0 saturated carbocycles. The molecule has 0 aliphatic rings.